The monoisotopic (exact) mass is 410 g/mol. The molecular formula is C19H23ClN2O6. The summed E-state index contributed by atoms with van der Waals surface area (Å²) in [5.41, 5.74) is 0.749. The standard InChI is InChI=1S/C19H23ClN2O6/c1-6-27-18(24)11(4)28-15-8-13(20)12(7-14(15)26-5)17-16(10(3)23)9(2)21-19(25)22-17/h7-8,11,16-17H,2,6H2,1,3-5H3,(H2,21,22,25)/t11-,16-,17-/m0/s1. The Kier molecular flexibility index (Phi) is 6.90. The van der Waals surface area contributed by atoms with Gasteiger partial charge in [0.25, 0.3) is 0 Å². The van der Waals surface area contributed by atoms with Crippen molar-refractivity contribution in [1.82, 2.24) is 10.6 Å². The molecule has 8 nitrogen and oxygen atoms in total. The Bertz CT molecular complexity index is 810. The van der Waals surface area contributed by atoms with Crippen LogP contribution in [0.15, 0.2) is 24.4 Å². The molecule has 1 heterocycles. The van der Waals surface area contributed by atoms with E-state index in [9.17, 15) is 14.4 Å². The number of carbonyl (C=O) groups is 3. The third-order valence-electron chi connectivity index (χ3n) is 4.25. The second kappa shape index (κ2) is 8.97. The van der Waals surface area contributed by atoms with Crippen LogP contribution >= 0.6 is 11.6 Å². The van der Waals surface area contributed by atoms with Crippen molar-refractivity contribution in [3.8, 4) is 11.5 Å². The molecule has 9 heteroatoms. The molecule has 0 radical (unpaired) electrons. The van der Waals surface area contributed by atoms with Crippen LogP contribution in [0.4, 0.5) is 4.79 Å². The number of amides is 2. The Balaban J connectivity index is 2.41. The number of halogens is 1. The Labute approximate surface area is 168 Å². The molecule has 0 aliphatic carbocycles. The maximum atomic E-state index is 12.1. The van der Waals surface area contributed by atoms with Crippen LogP contribution in [0.2, 0.25) is 5.02 Å². The number of esters is 1. The molecule has 0 aromatic heterocycles. The SMILES string of the molecule is C=C1NC(=O)N[C@@H](c2cc(OC)c(O[C@@H](C)C(=O)OCC)cc2Cl)[C@@H]1C(C)=O. The first kappa shape index (κ1) is 21.6. The van der Waals surface area contributed by atoms with Gasteiger partial charge in [0.15, 0.2) is 17.6 Å². The molecule has 0 unspecified atom stereocenters. The zero-order valence-electron chi connectivity index (χ0n) is 16.1. The molecule has 2 amide bonds. The summed E-state index contributed by atoms with van der Waals surface area (Å²) in [4.78, 5) is 35.8. The van der Waals surface area contributed by atoms with Gasteiger partial charge in [0.1, 0.15) is 5.78 Å². The fourth-order valence-electron chi connectivity index (χ4n) is 2.96. The van der Waals surface area contributed by atoms with Crippen molar-refractivity contribution in [2.45, 2.75) is 32.9 Å². The first-order valence-electron chi connectivity index (χ1n) is 8.67. The maximum Gasteiger partial charge on any atom is 0.347 e. The number of nitrogens with one attached hydrogen (secondary N) is 2. The van der Waals surface area contributed by atoms with Gasteiger partial charge in [-0.2, -0.15) is 0 Å². The minimum Gasteiger partial charge on any atom is -0.493 e. The van der Waals surface area contributed by atoms with Crippen molar-refractivity contribution < 1.29 is 28.6 Å². The number of urea groups is 1. The maximum absolute atomic E-state index is 12.1. The van der Waals surface area contributed by atoms with Gasteiger partial charge in [-0.05, 0) is 32.4 Å². The summed E-state index contributed by atoms with van der Waals surface area (Å²) in [6, 6.07) is 1.82. The van der Waals surface area contributed by atoms with E-state index in [-0.39, 0.29) is 34.6 Å². The molecule has 1 aromatic carbocycles. The summed E-state index contributed by atoms with van der Waals surface area (Å²) in [5, 5.41) is 5.43. The van der Waals surface area contributed by atoms with Crippen LogP contribution in [0, 0.1) is 5.92 Å². The quantitative estimate of drug-likeness (QED) is 0.670. The molecule has 0 spiro atoms. The zero-order chi connectivity index (χ0) is 21.0. The average Bonchev–Trinajstić information content (AvgIpc) is 2.60. The van der Waals surface area contributed by atoms with E-state index in [1.165, 1.54) is 20.1 Å². The highest BCUT2D eigenvalue weighted by atomic mass is 35.5. The van der Waals surface area contributed by atoms with Gasteiger partial charge in [0, 0.05) is 16.8 Å². The molecule has 2 rings (SSSR count). The van der Waals surface area contributed by atoms with Gasteiger partial charge in [-0.15, -0.1) is 0 Å². The van der Waals surface area contributed by atoms with Crippen LogP contribution in [0.25, 0.3) is 0 Å². The van der Waals surface area contributed by atoms with Gasteiger partial charge in [0.2, 0.25) is 0 Å². The summed E-state index contributed by atoms with van der Waals surface area (Å²) in [6.45, 7) is 8.65. The number of benzene rings is 1. The second-order valence-electron chi connectivity index (χ2n) is 6.23. The Morgan fingerprint density at radius 3 is 2.57 bits per heavy atom. The van der Waals surface area contributed by atoms with Gasteiger partial charge >= 0.3 is 12.0 Å². The van der Waals surface area contributed by atoms with Crippen LogP contribution < -0.4 is 20.1 Å². The number of ether oxygens (including phenoxy) is 3. The topological polar surface area (TPSA) is 103 Å². The number of carbonyl (C=O) groups excluding carboxylic acids is 3. The van der Waals surface area contributed by atoms with E-state index in [4.69, 9.17) is 25.8 Å². The van der Waals surface area contributed by atoms with Gasteiger partial charge < -0.3 is 24.8 Å². The van der Waals surface area contributed by atoms with E-state index in [0.29, 0.717) is 5.56 Å². The minimum absolute atomic E-state index is 0.186. The van der Waals surface area contributed by atoms with Gasteiger partial charge in [-0.25, -0.2) is 9.59 Å². The molecule has 152 valence electrons. The molecule has 0 saturated carbocycles. The zero-order valence-corrected chi connectivity index (χ0v) is 16.9. The van der Waals surface area contributed by atoms with E-state index in [0.717, 1.165) is 0 Å². The van der Waals surface area contributed by atoms with Crippen LogP contribution in [0.1, 0.15) is 32.4 Å². The Morgan fingerprint density at radius 2 is 2.00 bits per heavy atom. The second-order valence-corrected chi connectivity index (χ2v) is 6.63. The van der Waals surface area contributed by atoms with Crippen molar-refractivity contribution in [2.75, 3.05) is 13.7 Å². The molecule has 3 atom stereocenters. The van der Waals surface area contributed by atoms with Crippen LogP contribution in [0.5, 0.6) is 11.5 Å². The summed E-state index contributed by atoms with van der Waals surface area (Å²) in [7, 11) is 1.43. The van der Waals surface area contributed by atoms with Gasteiger partial charge in [-0.3, -0.25) is 4.79 Å². The van der Waals surface area contributed by atoms with Crippen molar-refractivity contribution in [3.63, 3.8) is 0 Å². The molecule has 0 bridgehead atoms. The van der Waals surface area contributed by atoms with Crippen molar-refractivity contribution in [3.05, 3.63) is 35.0 Å². The molecular weight excluding hydrogens is 388 g/mol. The molecule has 1 saturated heterocycles. The molecule has 1 aliphatic rings. The van der Waals surface area contributed by atoms with E-state index in [1.54, 1.807) is 19.9 Å². The van der Waals surface area contributed by atoms with Gasteiger partial charge in [0.05, 0.1) is 25.7 Å². The predicted molar refractivity (Wildman–Crippen MR) is 102 cm³/mol. The number of rotatable bonds is 7. The molecule has 1 fully saturated rings. The number of ketones is 1. The van der Waals surface area contributed by atoms with E-state index >= 15 is 0 Å². The smallest absolute Gasteiger partial charge is 0.347 e. The van der Waals surface area contributed by atoms with Crippen molar-refractivity contribution in [1.29, 1.82) is 0 Å². The molecule has 1 aromatic rings. The van der Waals surface area contributed by atoms with Crippen LogP contribution in [-0.4, -0.2) is 37.6 Å². The normalized spacial score (nSPS) is 19.9. The van der Waals surface area contributed by atoms with Crippen LogP contribution in [-0.2, 0) is 14.3 Å². The Morgan fingerprint density at radius 1 is 1.32 bits per heavy atom. The van der Waals surface area contributed by atoms with Crippen molar-refractivity contribution >= 4 is 29.4 Å². The lowest BCUT2D eigenvalue weighted by Crippen LogP contribution is -2.50. The highest BCUT2D eigenvalue weighted by Gasteiger charge is 2.37. The number of Topliss-reactive ketones (excluding diaryl/α,β-unsaturated/α-hetero) is 1. The third kappa shape index (κ3) is 4.56. The number of hydrogen-bond donors (Lipinski definition) is 2. The van der Waals surface area contributed by atoms with Crippen LogP contribution in [0.3, 0.4) is 0 Å². The number of methoxy groups -OCH3 is 1. The first-order valence-corrected chi connectivity index (χ1v) is 9.04. The van der Waals surface area contributed by atoms with E-state index < -0.39 is 30.1 Å². The first-order chi connectivity index (χ1) is 13.2. The lowest BCUT2D eigenvalue weighted by atomic mass is 9.86. The highest BCUT2D eigenvalue weighted by Crippen LogP contribution is 2.40. The summed E-state index contributed by atoms with van der Waals surface area (Å²) in [5.74, 6) is -0.895. The Hall–Kier alpha value is -2.74. The summed E-state index contributed by atoms with van der Waals surface area (Å²) >= 11 is 6.42. The molecule has 28 heavy (non-hydrogen) atoms. The fraction of sp³-hybridized carbons (Fsp3) is 0.421. The fourth-order valence-corrected chi connectivity index (χ4v) is 3.23. The lowest BCUT2D eigenvalue weighted by molar-refractivity contribution is -0.150. The summed E-state index contributed by atoms with van der Waals surface area (Å²) < 4.78 is 15.9. The van der Waals surface area contributed by atoms with E-state index in [2.05, 4.69) is 17.2 Å². The average molecular weight is 411 g/mol. The highest BCUT2D eigenvalue weighted by molar-refractivity contribution is 6.31. The van der Waals surface area contributed by atoms with Gasteiger partial charge in [-0.1, -0.05) is 18.2 Å². The molecule has 1 aliphatic heterocycles. The predicted octanol–water partition coefficient (Wildman–Crippen LogP) is 2.75. The van der Waals surface area contributed by atoms with E-state index in [1.807, 2.05) is 0 Å². The largest absolute Gasteiger partial charge is 0.493 e. The molecule has 2 N–H and O–H groups in total. The minimum atomic E-state index is -0.876. The third-order valence-corrected chi connectivity index (χ3v) is 4.58. The number of hydrogen-bond acceptors (Lipinski definition) is 6. The summed E-state index contributed by atoms with van der Waals surface area (Å²) in [6.07, 6.45) is -0.876. The van der Waals surface area contributed by atoms with Crippen molar-refractivity contribution in [2.24, 2.45) is 5.92 Å². The lowest BCUT2D eigenvalue weighted by Gasteiger charge is -2.34.